The maximum atomic E-state index is 5.49. The van der Waals surface area contributed by atoms with Crippen LogP contribution in [0.5, 0.6) is 0 Å². The Morgan fingerprint density at radius 2 is 2.00 bits per heavy atom. The van der Waals surface area contributed by atoms with Crippen molar-refractivity contribution in [2.75, 3.05) is 20.3 Å². The average molecular weight is 274 g/mol. The lowest BCUT2D eigenvalue weighted by molar-refractivity contribution is 0.199. The molecule has 2 aromatic rings. The maximum Gasteiger partial charge on any atom is 0.170 e. The monoisotopic (exact) mass is 274 g/mol. The molecule has 1 N–H and O–H groups in total. The third-order valence-electron chi connectivity index (χ3n) is 3.42. The van der Waals surface area contributed by atoms with E-state index in [1.165, 1.54) is 5.56 Å². The molecule has 0 spiro atoms. The van der Waals surface area contributed by atoms with E-state index in [2.05, 4.69) is 41.7 Å². The third kappa shape index (κ3) is 3.46. The molecule has 0 atom stereocenters. The highest BCUT2D eigenvalue weighted by Crippen LogP contribution is 2.26. The third-order valence-corrected chi connectivity index (χ3v) is 3.42. The lowest BCUT2D eigenvalue weighted by Crippen LogP contribution is -2.19. The van der Waals surface area contributed by atoms with Gasteiger partial charge in [0.05, 0.1) is 6.61 Å². The standard InChI is InChI=1S/C16H22N2O2/c1-4-13-5-7-14(8-6-13)16-12(2)15(18-20-16)11-17-9-10-19-3/h5-8,17H,4,9-11H2,1-3H3. The minimum Gasteiger partial charge on any atom is -0.383 e. The maximum absolute atomic E-state index is 5.49. The first kappa shape index (κ1) is 14.8. The highest BCUT2D eigenvalue weighted by molar-refractivity contribution is 5.61. The fourth-order valence-corrected chi connectivity index (χ4v) is 2.08. The van der Waals surface area contributed by atoms with Gasteiger partial charge in [-0.05, 0) is 18.9 Å². The number of hydrogen-bond acceptors (Lipinski definition) is 4. The van der Waals surface area contributed by atoms with Crippen molar-refractivity contribution in [1.82, 2.24) is 10.5 Å². The first-order valence-corrected chi connectivity index (χ1v) is 7.00. The van der Waals surface area contributed by atoms with Gasteiger partial charge in [0.15, 0.2) is 5.76 Å². The zero-order valence-electron chi connectivity index (χ0n) is 12.4. The Labute approximate surface area is 120 Å². The van der Waals surface area contributed by atoms with Gasteiger partial charge < -0.3 is 14.6 Å². The van der Waals surface area contributed by atoms with Gasteiger partial charge in [-0.15, -0.1) is 0 Å². The summed E-state index contributed by atoms with van der Waals surface area (Å²) in [7, 11) is 1.70. The normalized spacial score (nSPS) is 10.9. The largest absolute Gasteiger partial charge is 0.383 e. The summed E-state index contributed by atoms with van der Waals surface area (Å²) in [5.74, 6) is 0.858. The second kappa shape index (κ2) is 7.22. The molecule has 0 saturated heterocycles. The summed E-state index contributed by atoms with van der Waals surface area (Å²) in [4.78, 5) is 0. The van der Waals surface area contributed by atoms with E-state index in [1.807, 2.05) is 6.92 Å². The van der Waals surface area contributed by atoms with Crippen LogP contribution >= 0.6 is 0 Å². The zero-order chi connectivity index (χ0) is 14.4. The summed E-state index contributed by atoms with van der Waals surface area (Å²) < 4.78 is 10.5. The molecule has 0 saturated carbocycles. The molecule has 0 radical (unpaired) electrons. The van der Waals surface area contributed by atoms with E-state index >= 15 is 0 Å². The van der Waals surface area contributed by atoms with Gasteiger partial charge >= 0.3 is 0 Å². The number of hydrogen-bond donors (Lipinski definition) is 1. The van der Waals surface area contributed by atoms with Gasteiger partial charge in [0.2, 0.25) is 0 Å². The van der Waals surface area contributed by atoms with Crippen LogP contribution in [0.15, 0.2) is 28.8 Å². The van der Waals surface area contributed by atoms with Gasteiger partial charge in [-0.25, -0.2) is 0 Å². The van der Waals surface area contributed by atoms with E-state index in [0.29, 0.717) is 13.2 Å². The van der Waals surface area contributed by atoms with E-state index in [1.54, 1.807) is 7.11 Å². The van der Waals surface area contributed by atoms with Crippen LogP contribution in [-0.4, -0.2) is 25.4 Å². The first-order chi connectivity index (χ1) is 9.76. The number of methoxy groups -OCH3 is 1. The molecule has 1 aromatic heterocycles. The van der Waals surface area contributed by atoms with Crippen molar-refractivity contribution in [3.63, 3.8) is 0 Å². The Bertz CT molecular complexity index is 532. The molecular weight excluding hydrogens is 252 g/mol. The predicted octanol–water partition coefficient (Wildman–Crippen LogP) is 2.95. The molecule has 20 heavy (non-hydrogen) atoms. The van der Waals surface area contributed by atoms with Gasteiger partial charge in [-0.1, -0.05) is 36.3 Å². The Balaban J connectivity index is 2.07. The second-order valence-electron chi connectivity index (χ2n) is 4.80. The van der Waals surface area contributed by atoms with Crippen LogP contribution in [0.25, 0.3) is 11.3 Å². The molecule has 0 unspecified atom stereocenters. The van der Waals surface area contributed by atoms with Crippen LogP contribution in [-0.2, 0) is 17.7 Å². The van der Waals surface area contributed by atoms with Crippen LogP contribution < -0.4 is 5.32 Å². The SMILES string of the molecule is CCc1ccc(-c2onc(CNCCOC)c2C)cc1. The molecule has 0 fully saturated rings. The van der Waals surface area contributed by atoms with Crippen LogP contribution in [0.1, 0.15) is 23.7 Å². The first-order valence-electron chi connectivity index (χ1n) is 7.00. The summed E-state index contributed by atoms with van der Waals surface area (Å²) in [6, 6.07) is 8.45. The molecule has 4 nitrogen and oxygen atoms in total. The summed E-state index contributed by atoms with van der Waals surface area (Å²) >= 11 is 0. The van der Waals surface area contributed by atoms with E-state index in [0.717, 1.165) is 35.5 Å². The number of rotatable bonds is 7. The van der Waals surface area contributed by atoms with Crippen LogP contribution in [0.2, 0.25) is 0 Å². The second-order valence-corrected chi connectivity index (χ2v) is 4.80. The summed E-state index contributed by atoms with van der Waals surface area (Å²) in [6.45, 7) is 6.41. The minimum atomic E-state index is 0.697. The molecule has 0 amide bonds. The highest BCUT2D eigenvalue weighted by Gasteiger charge is 2.13. The van der Waals surface area contributed by atoms with Crippen molar-refractivity contribution in [1.29, 1.82) is 0 Å². The molecule has 0 aliphatic heterocycles. The van der Waals surface area contributed by atoms with E-state index < -0.39 is 0 Å². The quantitative estimate of drug-likeness (QED) is 0.789. The molecule has 1 aromatic carbocycles. The molecule has 4 heteroatoms. The Morgan fingerprint density at radius 3 is 2.65 bits per heavy atom. The minimum absolute atomic E-state index is 0.697. The van der Waals surface area contributed by atoms with Crippen molar-refractivity contribution in [3.8, 4) is 11.3 Å². The van der Waals surface area contributed by atoms with Gasteiger partial charge in [0, 0.05) is 31.3 Å². The molecule has 2 rings (SSSR count). The van der Waals surface area contributed by atoms with Crippen molar-refractivity contribution < 1.29 is 9.26 Å². The Hall–Kier alpha value is -1.65. The summed E-state index contributed by atoms with van der Waals surface area (Å²) in [6.07, 6.45) is 1.05. The number of benzene rings is 1. The van der Waals surface area contributed by atoms with Gasteiger partial charge in [-0.2, -0.15) is 0 Å². The number of nitrogens with zero attached hydrogens (tertiary/aromatic N) is 1. The molecule has 108 valence electrons. The predicted molar refractivity (Wildman–Crippen MR) is 79.6 cm³/mol. The molecule has 0 aliphatic carbocycles. The van der Waals surface area contributed by atoms with E-state index in [4.69, 9.17) is 9.26 Å². The average Bonchev–Trinajstić information content (AvgIpc) is 2.85. The number of ether oxygens (including phenoxy) is 1. The van der Waals surface area contributed by atoms with Crippen LogP contribution in [0, 0.1) is 6.92 Å². The lowest BCUT2D eigenvalue weighted by Gasteiger charge is -2.02. The molecule has 0 aliphatic rings. The van der Waals surface area contributed by atoms with Crippen molar-refractivity contribution >= 4 is 0 Å². The fraction of sp³-hybridized carbons (Fsp3) is 0.438. The number of nitrogens with one attached hydrogen (secondary N) is 1. The van der Waals surface area contributed by atoms with E-state index in [-0.39, 0.29) is 0 Å². The summed E-state index contributed by atoms with van der Waals surface area (Å²) in [5, 5.41) is 7.43. The zero-order valence-corrected chi connectivity index (χ0v) is 12.4. The fourth-order valence-electron chi connectivity index (χ4n) is 2.08. The summed E-state index contributed by atoms with van der Waals surface area (Å²) in [5.41, 5.74) is 4.46. The lowest BCUT2D eigenvalue weighted by atomic mass is 10.0. The van der Waals surface area contributed by atoms with Gasteiger partial charge in [0.25, 0.3) is 0 Å². The van der Waals surface area contributed by atoms with Crippen molar-refractivity contribution in [2.24, 2.45) is 0 Å². The number of aryl methyl sites for hydroxylation is 1. The molecular formula is C16H22N2O2. The molecule has 0 bridgehead atoms. The van der Waals surface area contributed by atoms with Gasteiger partial charge in [0.1, 0.15) is 5.69 Å². The van der Waals surface area contributed by atoms with Gasteiger partial charge in [-0.3, -0.25) is 0 Å². The van der Waals surface area contributed by atoms with Crippen LogP contribution in [0.4, 0.5) is 0 Å². The van der Waals surface area contributed by atoms with E-state index in [9.17, 15) is 0 Å². The van der Waals surface area contributed by atoms with Crippen molar-refractivity contribution in [2.45, 2.75) is 26.8 Å². The topological polar surface area (TPSA) is 47.3 Å². The highest BCUT2D eigenvalue weighted by atomic mass is 16.5. The number of aromatic nitrogens is 1. The smallest absolute Gasteiger partial charge is 0.170 e. The van der Waals surface area contributed by atoms with Crippen LogP contribution in [0.3, 0.4) is 0 Å². The Morgan fingerprint density at radius 1 is 1.25 bits per heavy atom. The van der Waals surface area contributed by atoms with Crippen molar-refractivity contribution in [3.05, 3.63) is 41.1 Å². The molecule has 1 heterocycles. The Kier molecular flexibility index (Phi) is 5.32.